The Kier molecular flexibility index (Phi) is 3.31. The number of hydrogen-bond acceptors (Lipinski definition) is 3. The number of benzene rings is 2. The van der Waals surface area contributed by atoms with Gasteiger partial charge in [0, 0.05) is 5.39 Å². The lowest BCUT2D eigenvalue weighted by atomic mass is 10.1. The first-order valence-corrected chi connectivity index (χ1v) is 6.16. The van der Waals surface area contributed by atoms with E-state index in [-0.39, 0.29) is 17.2 Å². The molecule has 3 nitrogen and oxygen atoms in total. The molecule has 3 aromatic rings. The molecule has 0 atom stereocenters. The van der Waals surface area contributed by atoms with Crippen molar-refractivity contribution in [1.29, 1.82) is 0 Å². The van der Waals surface area contributed by atoms with Gasteiger partial charge < -0.3 is 4.74 Å². The van der Waals surface area contributed by atoms with E-state index in [0.717, 1.165) is 11.5 Å². The van der Waals surface area contributed by atoms with Gasteiger partial charge in [0.2, 0.25) is 11.7 Å². The Labute approximate surface area is 118 Å². The molecule has 0 saturated heterocycles. The van der Waals surface area contributed by atoms with E-state index in [0.29, 0.717) is 11.8 Å². The van der Waals surface area contributed by atoms with Crippen LogP contribution in [0.5, 0.6) is 11.6 Å². The minimum absolute atomic E-state index is 0.0619. The third-order valence-corrected chi connectivity index (χ3v) is 2.97. The van der Waals surface area contributed by atoms with Crippen LogP contribution in [0.1, 0.15) is 10.4 Å². The van der Waals surface area contributed by atoms with E-state index >= 15 is 0 Å². The normalized spacial score (nSPS) is 10.6. The summed E-state index contributed by atoms with van der Waals surface area (Å²) in [5.74, 6) is -2.53. The molecule has 0 aliphatic heterocycles. The van der Waals surface area contributed by atoms with Gasteiger partial charge in [-0.2, -0.15) is 4.39 Å². The average Bonchev–Trinajstić information content (AvgIpc) is 2.51. The maximum Gasteiger partial charge on any atom is 0.230 e. The third kappa shape index (κ3) is 2.45. The smallest absolute Gasteiger partial charge is 0.230 e. The molecule has 1 heterocycles. The summed E-state index contributed by atoms with van der Waals surface area (Å²) in [6, 6.07) is 12.3. The van der Waals surface area contributed by atoms with Gasteiger partial charge in [0.1, 0.15) is 0 Å². The summed E-state index contributed by atoms with van der Waals surface area (Å²) in [5.41, 5.74) is 0.757. The molecule has 0 aliphatic carbocycles. The van der Waals surface area contributed by atoms with Gasteiger partial charge in [-0.25, -0.2) is 9.37 Å². The Hall–Kier alpha value is -2.82. The second-order valence-corrected chi connectivity index (χ2v) is 4.35. The van der Waals surface area contributed by atoms with Crippen molar-refractivity contribution in [3.63, 3.8) is 0 Å². The minimum Gasteiger partial charge on any atom is -0.435 e. The summed E-state index contributed by atoms with van der Waals surface area (Å²) in [5, 5.41) is 0.756. The number of carbonyl (C=O) groups is 1. The molecule has 104 valence electrons. The van der Waals surface area contributed by atoms with Crippen molar-refractivity contribution in [1.82, 2.24) is 4.98 Å². The van der Waals surface area contributed by atoms with E-state index in [1.54, 1.807) is 24.3 Å². The maximum atomic E-state index is 13.6. The van der Waals surface area contributed by atoms with Gasteiger partial charge in [-0.05, 0) is 24.3 Å². The molecule has 0 unspecified atom stereocenters. The number of carbonyl (C=O) groups excluding carboxylic acids is 1. The van der Waals surface area contributed by atoms with E-state index in [4.69, 9.17) is 4.74 Å². The first kappa shape index (κ1) is 13.2. The monoisotopic (exact) mass is 285 g/mol. The number of para-hydroxylation sites is 1. The fourth-order valence-corrected chi connectivity index (χ4v) is 1.95. The molecule has 5 heteroatoms. The van der Waals surface area contributed by atoms with Crippen molar-refractivity contribution in [3.05, 3.63) is 65.7 Å². The molecule has 0 amide bonds. The Bertz CT molecular complexity index is 834. The second kappa shape index (κ2) is 5.28. The van der Waals surface area contributed by atoms with Gasteiger partial charge in [0.05, 0.1) is 11.1 Å². The van der Waals surface area contributed by atoms with Gasteiger partial charge in [0.25, 0.3) is 0 Å². The highest BCUT2D eigenvalue weighted by atomic mass is 19.2. The lowest BCUT2D eigenvalue weighted by Gasteiger charge is -2.09. The van der Waals surface area contributed by atoms with Crippen LogP contribution in [0.25, 0.3) is 10.9 Å². The van der Waals surface area contributed by atoms with Crippen molar-refractivity contribution in [2.24, 2.45) is 0 Å². The van der Waals surface area contributed by atoms with Gasteiger partial charge in [-0.3, -0.25) is 4.79 Å². The zero-order valence-electron chi connectivity index (χ0n) is 10.7. The summed E-state index contributed by atoms with van der Waals surface area (Å²) in [6.07, 6.45) is 0.561. The lowest BCUT2D eigenvalue weighted by molar-refractivity contribution is 0.112. The van der Waals surface area contributed by atoms with E-state index < -0.39 is 11.6 Å². The van der Waals surface area contributed by atoms with Crippen LogP contribution in [-0.2, 0) is 0 Å². The van der Waals surface area contributed by atoms with Crippen LogP contribution >= 0.6 is 0 Å². The van der Waals surface area contributed by atoms with Crippen molar-refractivity contribution in [2.75, 3.05) is 0 Å². The van der Waals surface area contributed by atoms with Crippen LogP contribution in [0, 0.1) is 11.6 Å². The second-order valence-electron chi connectivity index (χ2n) is 4.35. The largest absolute Gasteiger partial charge is 0.435 e. The zero-order valence-corrected chi connectivity index (χ0v) is 10.7. The lowest BCUT2D eigenvalue weighted by Crippen LogP contribution is -1.97. The Balaban J connectivity index is 2.11. The van der Waals surface area contributed by atoms with Crippen LogP contribution < -0.4 is 4.74 Å². The molecule has 21 heavy (non-hydrogen) atoms. The van der Waals surface area contributed by atoms with Crippen molar-refractivity contribution >= 4 is 17.2 Å². The Morgan fingerprint density at radius 3 is 2.67 bits per heavy atom. The van der Waals surface area contributed by atoms with Crippen molar-refractivity contribution in [2.45, 2.75) is 0 Å². The average molecular weight is 285 g/mol. The van der Waals surface area contributed by atoms with Crippen molar-refractivity contribution in [3.8, 4) is 11.6 Å². The summed E-state index contributed by atoms with van der Waals surface area (Å²) >= 11 is 0. The van der Waals surface area contributed by atoms with Gasteiger partial charge >= 0.3 is 0 Å². The highest BCUT2D eigenvalue weighted by molar-refractivity contribution is 5.88. The van der Waals surface area contributed by atoms with E-state index in [9.17, 15) is 13.6 Å². The highest BCUT2D eigenvalue weighted by Gasteiger charge is 2.13. The number of fused-ring (bicyclic) bond motifs is 1. The molecule has 0 spiro atoms. The molecule has 1 aromatic heterocycles. The summed E-state index contributed by atoms with van der Waals surface area (Å²) in [4.78, 5) is 15.3. The molecular weight excluding hydrogens is 276 g/mol. The van der Waals surface area contributed by atoms with Crippen LogP contribution in [0.2, 0.25) is 0 Å². The van der Waals surface area contributed by atoms with Gasteiger partial charge in [-0.15, -0.1) is 0 Å². The van der Waals surface area contributed by atoms with Gasteiger partial charge in [-0.1, -0.05) is 24.3 Å². The van der Waals surface area contributed by atoms with Gasteiger partial charge in [0.15, 0.2) is 17.9 Å². The summed E-state index contributed by atoms with van der Waals surface area (Å²) < 4.78 is 32.1. The van der Waals surface area contributed by atoms with Crippen LogP contribution in [-0.4, -0.2) is 11.3 Å². The molecule has 0 radical (unpaired) electrons. The molecule has 0 bridgehead atoms. The first-order valence-electron chi connectivity index (χ1n) is 6.16. The molecule has 2 aromatic carbocycles. The Morgan fingerprint density at radius 2 is 1.86 bits per heavy atom. The number of rotatable bonds is 3. The van der Waals surface area contributed by atoms with Crippen molar-refractivity contribution < 1.29 is 18.3 Å². The quantitative estimate of drug-likeness (QED) is 0.679. The number of nitrogens with zero attached hydrogens (tertiary/aromatic N) is 1. The Morgan fingerprint density at radius 1 is 1.05 bits per heavy atom. The fraction of sp³-hybridized carbons (Fsp3) is 0. The van der Waals surface area contributed by atoms with Crippen LogP contribution in [0.4, 0.5) is 8.78 Å². The number of aromatic nitrogens is 1. The number of pyridine rings is 1. The number of halogens is 2. The zero-order chi connectivity index (χ0) is 14.8. The SMILES string of the molecule is O=Cc1cc2ccccc2nc1Oc1cccc(F)c1F. The molecule has 0 aliphatic rings. The maximum absolute atomic E-state index is 13.6. The minimum atomic E-state index is -1.12. The predicted molar refractivity (Wildman–Crippen MR) is 73.6 cm³/mol. The number of ether oxygens (including phenoxy) is 1. The molecule has 3 rings (SSSR count). The molecule has 0 fully saturated rings. The predicted octanol–water partition coefficient (Wildman–Crippen LogP) is 4.12. The van der Waals surface area contributed by atoms with Crippen LogP contribution in [0.3, 0.4) is 0 Å². The molecule has 0 saturated carbocycles. The fourth-order valence-electron chi connectivity index (χ4n) is 1.95. The number of aldehydes is 1. The topological polar surface area (TPSA) is 39.2 Å². The van der Waals surface area contributed by atoms with E-state index in [1.807, 2.05) is 6.07 Å². The standard InChI is InChI=1S/C16H9F2NO2/c17-12-5-3-7-14(15(12)18)21-16-11(9-20)8-10-4-1-2-6-13(10)19-16/h1-9H. The number of hydrogen-bond donors (Lipinski definition) is 0. The van der Waals surface area contributed by atoms with E-state index in [1.165, 1.54) is 12.1 Å². The highest BCUT2D eigenvalue weighted by Crippen LogP contribution is 2.28. The van der Waals surface area contributed by atoms with Crippen LogP contribution in [0.15, 0.2) is 48.5 Å². The summed E-state index contributed by atoms with van der Waals surface area (Å²) in [7, 11) is 0. The first-order chi connectivity index (χ1) is 10.2. The summed E-state index contributed by atoms with van der Waals surface area (Å²) in [6.45, 7) is 0. The molecular formula is C16H9F2NO2. The molecule has 0 N–H and O–H groups in total. The third-order valence-electron chi connectivity index (χ3n) is 2.97. The van der Waals surface area contributed by atoms with E-state index in [2.05, 4.69) is 4.98 Å².